The molecule has 1 heterocycles. The minimum atomic E-state index is -0.686. The van der Waals surface area contributed by atoms with Crippen LogP contribution in [0.15, 0.2) is 0 Å². The van der Waals surface area contributed by atoms with E-state index in [2.05, 4.69) is 6.07 Å². The molecule has 14 heavy (non-hydrogen) atoms. The van der Waals surface area contributed by atoms with E-state index in [0.717, 1.165) is 12.8 Å². The Bertz CT molecular complexity index is 278. The summed E-state index contributed by atoms with van der Waals surface area (Å²) in [5, 5.41) is 19.5. The van der Waals surface area contributed by atoms with E-state index < -0.39 is 17.1 Å². The average Bonchev–Trinajstić information content (AvgIpc) is 2.90. The maximum absolute atomic E-state index is 10.2. The van der Waals surface area contributed by atoms with Crippen LogP contribution in [0.3, 0.4) is 0 Å². The maximum Gasteiger partial charge on any atom is 0.114 e. The Labute approximate surface area is 84.7 Å². The number of ether oxygens (including phenoxy) is 1. The molecule has 0 aromatic rings. The third-order valence-electron chi connectivity index (χ3n) is 3.81. The quantitative estimate of drug-likeness (QED) is 0.725. The molecule has 0 spiro atoms. The zero-order valence-electron chi connectivity index (χ0n) is 8.79. The number of nitriles is 1. The van der Waals surface area contributed by atoms with Gasteiger partial charge in [0.05, 0.1) is 17.8 Å². The molecule has 1 saturated heterocycles. The average molecular weight is 195 g/mol. The molecule has 2 aliphatic rings. The lowest BCUT2D eigenvalue weighted by molar-refractivity contribution is -0.0702. The van der Waals surface area contributed by atoms with Gasteiger partial charge in [0.25, 0.3) is 0 Å². The molecule has 0 aromatic carbocycles. The van der Waals surface area contributed by atoms with Gasteiger partial charge in [-0.3, -0.25) is 0 Å². The summed E-state index contributed by atoms with van der Waals surface area (Å²) in [6.07, 6.45) is 2.26. The summed E-state index contributed by atoms with van der Waals surface area (Å²) in [5.41, 5.74) is -1.20. The fourth-order valence-corrected chi connectivity index (χ4v) is 2.47. The first-order valence-corrected chi connectivity index (χ1v) is 5.27. The highest BCUT2D eigenvalue weighted by Crippen LogP contribution is 2.51. The summed E-state index contributed by atoms with van der Waals surface area (Å²) in [4.78, 5) is 0. The molecule has 0 aromatic heterocycles. The second-order valence-electron chi connectivity index (χ2n) is 4.97. The predicted octanol–water partition coefficient (Wildman–Crippen LogP) is 1.47. The molecule has 3 nitrogen and oxygen atoms in total. The first-order chi connectivity index (χ1) is 6.53. The molecule has 1 aliphatic carbocycles. The molecule has 0 amide bonds. The van der Waals surface area contributed by atoms with Crippen molar-refractivity contribution >= 4 is 0 Å². The molecule has 1 N–H and O–H groups in total. The van der Waals surface area contributed by atoms with Gasteiger partial charge in [0.1, 0.15) is 5.41 Å². The Hall–Kier alpha value is -0.590. The van der Waals surface area contributed by atoms with Crippen molar-refractivity contribution in [2.45, 2.75) is 44.8 Å². The number of aliphatic hydroxyl groups is 1. The Balaban J connectivity index is 2.28. The monoisotopic (exact) mass is 195 g/mol. The maximum atomic E-state index is 10.2. The van der Waals surface area contributed by atoms with Crippen molar-refractivity contribution in [1.82, 2.24) is 0 Å². The number of hydrogen-bond acceptors (Lipinski definition) is 3. The molecule has 1 saturated carbocycles. The zero-order chi connectivity index (χ0) is 10.4. The van der Waals surface area contributed by atoms with E-state index in [4.69, 9.17) is 4.74 Å². The molecular weight excluding hydrogens is 178 g/mol. The largest absolute Gasteiger partial charge is 0.391 e. The Morgan fingerprint density at radius 2 is 2.14 bits per heavy atom. The van der Waals surface area contributed by atoms with Gasteiger partial charge in [0, 0.05) is 6.61 Å². The van der Waals surface area contributed by atoms with Gasteiger partial charge in [-0.05, 0) is 39.0 Å². The summed E-state index contributed by atoms with van der Waals surface area (Å²) in [6.45, 7) is 4.41. The first-order valence-electron chi connectivity index (χ1n) is 5.27. The number of nitrogens with zero attached hydrogens (tertiary/aromatic N) is 1. The van der Waals surface area contributed by atoms with E-state index in [9.17, 15) is 10.4 Å². The fraction of sp³-hybridized carbons (Fsp3) is 0.909. The highest BCUT2D eigenvalue weighted by atomic mass is 16.5. The van der Waals surface area contributed by atoms with Gasteiger partial charge < -0.3 is 9.84 Å². The minimum Gasteiger partial charge on any atom is -0.391 e. The normalized spacial score (nSPS) is 37.9. The van der Waals surface area contributed by atoms with E-state index in [0.29, 0.717) is 18.9 Å². The van der Waals surface area contributed by atoms with Gasteiger partial charge in [-0.25, -0.2) is 0 Å². The van der Waals surface area contributed by atoms with Crippen molar-refractivity contribution in [2.24, 2.45) is 11.3 Å². The standard InChI is InChI=1S/C11H17NO2/c1-10(2)11(7-12,5-6-14-10)9(13)8-3-4-8/h8-9,13H,3-6H2,1-2H3. The van der Waals surface area contributed by atoms with Crippen LogP contribution in [0.2, 0.25) is 0 Å². The molecular formula is C11H17NO2. The lowest BCUT2D eigenvalue weighted by Gasteiger charge is -2.37. The predicted molar refractivity (Wildman–Crippen MR) is 51.4 cm³/mol. The Morgan fingerprint density at radius 1 is 1.50 bits per heavy atom. The topological polar surface area (TPSA) is 53.2 Å². The summed E-state index contributed by atoms with van der Waals surface area (Å²) >= 11 is 0. The van der Waals surface area contributed by atoms with Gasteiger partial charge in [0.2, 0.25) is 0 Å². The SMILES string of the molecule is CC1(C)OCCC1(C#N)C(O)C1CC1. The third kappa shape index (κ3) is 1.18. The van der Waals surface area contributed by atoms with Crippen molar-refractivity contribution in [3.63, 3.8) is 0 Å². The van der Waals surface area contributed by atoms with Crippen LogP contribution >= 0.6 is 0 Å². The van der Waals surface area contributed by atoms with Gasteiger partial charge in [0.15, 0.2) is 0 Å². The van der Waals surface area contributed by atoms with Gasteiger partial charge in [-0.2, -0.15) is 5.26 Å². The van der Waals surface area contributed by atoms with Crippen molar-refractivity contribution in [2.75, 3.05) is 6.61 Å². The lowest BCUT2D eigenvalue weighted by Crippen LogP contribution is -2.48. The first kappa shape index (κ1) is 9.95. The fourth-order valence-electron chi connectivity index (χ4n) is 2.47. The van der Waals surface area contributed by atoms with Crippen LogP contribution < -0.4 is 0 Å². The second-order valence-corrected chi connectivity index (χ2v) is 4.97. The Kier molecular flexibility index (Phi) is 2.09. The molecule has 2 rings (SSSR count). The minimum absolute atomic E-state index is 0.329. The highest BCUT2D eigenvalue weighted by molar-refractivity contribution is 5.17. The van der Waals surface area contributed by atoms with Crippen LogP contribution in [0.1, 0.15) is 33.1 Å². The van der Waals surface area contributed by atoms with Crippen LogP contribution in [0.4, 0.5) is 0 Å². The van der Waals surface area contributed by atoms with Crippen molar-refractivity contribution in [3.8, 4) is 6.07 Å². The molecule has 2 fully saturated rings. The molecule has 2 atom stereocenters. The number of rotatable bonds is 2. The molecule has 78 valence electrons. The van der Waals surface area contributed by atoms with Crippen LogP contribution in [0.5, 0.6) is 0 Å². The molecule has 0 bridgehead atoms. The van der Waals surface area contributed by atoms with Gasteiger partial charge in [-0.15, -0.1) is 0 Å². The Morgan fingerprint density at radius 3 is 2.50 bits per heavy atom. The zero-order valence-corrected chi connectivity index (χ0v) is 8.79. The van der Waals surface area contributed by atoms with Crippen molar-refractivity contribution < 1.29 is 9.84 Å². The van der Waals surface area contributed by atoms with Crippen LogP contribution in [-0.2, 0) is 4.74 Å². The highest BCUT2D eigenvalue weighted by Gasteiger charge is 2.58. The molecule has 2 unspecified atom stereocenters. The van der Waals surface area contributed by atoms with E-state index in [1.807, 2.05) is 13.8 Å². The van der Waals surface area contributed by atoms with Crippen LogP contribution in [-0.4, -0.2) is 23.4 Å². The molecule has 1 aliphatic heterocycles. The van der Waals surface area contributed by atoms with Crippen molar-refractivity contribution in [1.29, 1.82) is 5.26 Å². The smallest absolute Gasteiger partial charge is 0.114 e. The second kappa shape index (κ2) is 2.95. The third-order valence-corrected chi connectivity index (χ3v) is 3.81. The molecule has 3 heteroatoms. The summed E-state index contributed by atoms with van der Waals surface area (Å²) in [7, 11) is 0. The van der Waals surface area contributed by atoms with E-state index in [1.165, 1.54) is 0 Å². The van der Waals surface area contributed by atoms with E-state index in [-0.39, 0.29) is 0 Å². The lowest BCUT2D eigenvalue weighted by atomic mass is 9.69. The number of hydrogen-bond donors (Lipinski definition) is 1. The van der Waals surface area contributed by atoms with Gasteiger partial charge in [-0.1, -0.05) is 0 Å². The summed E-state index contributed by atoms with van der Waals surface area (Å²) in [6, 6.07) is 2.31. The number of aliphatic hydroxyl groups excluding tert-OH is 1. The van der Waals surface area contributed by atoms with E-state index >= 15 is 0 Å². The van der Waals surface area contributed by atoms with Gasteiger partial charge >= 0.3 is 0 Å². The summed E-state index contributed by atoms with van der Waals surface area (Å²) in [5.74, 6) is 0.329. The van der Waals surface area contributed by atoms with Crippen LogP contribution in [0.25, 0.3) is 0 Å². The van der Waals surface area contributed by atoms with Crippen LogP contribution in [0, 0.1) is 22.7 Å². The van der Waals surface area contributed by atoms with E-state index in [1.54, 1.807) is 0 Å². The molecule has 0 radical (unpaired) electrons. The summed E-state index contributed by atoms with van der Waals surface area (Å²) < 4.78 is 5.56. The van der Waals surface area contributed by atoms with Crippen molar-refractivity contribution in [3.05, 3.63) is 0 Å².